The van der Waals surface area contributed by atoms with Crippen molar-refractivity contribution in [2.75, 3.05) is 5.32 Å². The first-order chi connectivity index (χ1) is 14.3. The zero-order chi connectivity index (χ0) is 21.7. The van der Waals surface area contributed by atoms with Crippen molar-refractivity contribution in [1.29, 1.82) is 0 Å². The van der Waals surface area contributed by atoms with Crippen molar-refractivity contribution in [1.82, 2.24) is 4.98 Å². The Bertz CT molecular complexity index is 1100. The molecular weight excluding hydrogens is 386 g/mol. The maximum absolute atomic E-state index is 13.0. The second kappa shape index (κ2) is 8.95. The number of nitrogens with one attached hydrogen (secondary N) is 1. The molecule has 0 aliphatic heterocycles. The number of carbonyl (C=O) groups excluding carboxylic acids is 2. The van der Waals surface area contributed by atoms with Crippen LogP contribution in [0.5, 0.6) is 5.75 Å². The molecule has 3 rings (SSSR count). The number of pyridine rings is 1. The Balaban J connectivity index is 1.94. The van der Waals surface area contributed by atoms with Crippen molar-refractivity contribution < 1.29 is 19.2 Å². The Kier molecular flexibility index (Phi) is 6.17. The average Bonchev–Trinajstić information content (AvgIpc) is 2.73. The van der Waals surface area contributed by atoms with Gasteiger partial charge in [0, 0.05) is 23.7 Å². The van der Waals surface area contributed by atoms with Gasteiger partial charge in [-0.25, -0.2) is 0 Å². The number of anilines is 1. The van der Waals surface area contributed by atoms with Crippen LogP contribution in [0.2, 0.25) is 0 Å². The molecule has 1 atom stereocenters. The van der Waals surface area contributed by atoms with Gasteiger partial charge in [-0.2, -0.15) is 0 Å². The van der Waals surface area contributed by atoms with E-state index in [-0.39, 0.29) is 11.5 Å². The van der Waals surface area contributed by atoms with Gasteiger partial charge in [-0.05, 0) is 41.1 Å². The molecule has 3 aromatic rings. The molecule has 0 spiro atoms. The zero-order valence-electron chi connectivity index (χ0n) is 16.4. The first-order valence-electron chi connectivity index (χ1n) is 9.10. The van der Waals surface area contributed by atoms with Crippen LogP contribution >= 0.6 is 0 Å². The molecule has 1 aromatic heterocycles. The van der Waals surface area contributed by atoms with Crippen LogP contribution in [0.4, 0.5) is 11.5 Å². The Morgan fingerprint density at radius 3 is 2.47 bits per heavy atom. The highest BCUT2D eigenvalue weighted by molar-refractivity contribution is 5.98. The van der Waals surface area contributed by atoms with E-state index in [1.807, 2.05) is 0 Å². The smallest absolute Gasteiger partial charge is 0.406 e. The maximum atomic E-state index is 13.0. The van der Waals surface area contributed by atoms with E-state index >= 15 is 0 Å². The number of rotatable bonds is 7. The van der Waals surface area contributed by atoms with Crippen molar-refractivity contribution in [3.05, 3.63) is 93.7 Å². The quantitative estimate of drug-likeness (QED) is 0.357. The number of hydrogen-bond acceptors (Lipinski definition) is 6. The number of ether oxygens (including phenoxy) is 1. The molecule has 0 radical (unpaired) electrons. The van der Waals surface area contributed by atoms with E-state index < -0.39 is 22.8 Å². The Labute approximate surface area is 172 Å². The highest BCUT2D eigenvalue weighted by Crippen LogP contribution is 2.30. The van der Waals surface area contributed by atoms with Gasteiger partial charge in [0.05, 0.1) is 0 Å². The second-order valence-electron chi connectivity index (χ2n) is 6.57. The van der Waals surface area contributed by atoms with Gasteiger partial charge in [0.2, 0.25) is 11.9 Å². The van der Waals surface area contributed by atoms with Gasteiger partial charge >= 0.3 is 5.82 Å². The normalized spacial score (nSPS) is 11.4. The van der Waals surface area contributed by atoms with Crippen LogP contribution in [-0.2, 0) is 4.79 Å². The maximum Gasteiger partial charge on any atom is 0.406 e. The number of amides is 1. The lowest BCUT2D eigenvalue weighted by Gasteiger charge is -2.19. The van der Waals surface area contributed by atoms with Gasteiger partial charge in [-0.1, -0.05) is 42.5 Å². The first kappa shape index (κ1) is 20.7. The van der Waals surface area contributed by atoms with Crippen LogP contribution in [0.3, 0.4) is 0 Å². The lowest BCUT2D eigenvalue weighted by molar-refractivity contribution is -0.390. The van der Waals surface area contributed by atoms with Crippen LogP contribution in [0, 0.1) is 17.0 Å². The third-order valence-corrected chi connectivity index (χ3v) is 4.27. The number of carbonyl (C=O) groups is 2. The third-order valence-electron chi connectivity index (χ3n) is 4.27. The summed E-state index contributed by atoms with van der Waals surface area (Å²) in [6.07, 6.45) is -1.17. The molecule has 0 fully saturated rings. The predicted molar refractivity (Wildman–Crippen MR) is 111 cm³/mol. The number of Topliss-reactive ketones (excluding diaryl/α,β-unsaturated/α-hetero) is 1. The predicted octanol–water partition coefficient (Wildman–Crippen LogP) is 4.26. The summed E-state index contributed by atoms with van der Waals surface area (Å²) in [7, 11) is 0. The third kappa shape index (κ3) is 4.85. The Morgan fingerprint density at radius 1 is 1.07 bits per heavy atom. The largest absolute Gasteiger partial charge is 0.467 e. The summed E-state index contributed by atoms with van der Waals surface area (Å²) in [6.45, 7) is 3.06. The molecular formula is C22H19N3O5. The molecule has 152 valence electrons. The van der Waals surface area contributed by atoms with E-state index in [1.54, 1.807) is 67.6 Å². The number of nitro groups is 1. The van der Waals surface area contributed by atoms with Gasteiger partial charge < -0.3 is 20.2 Å². The Hall–Kier alpha value is -4.07. The fourth-order valence-electron chi connectivity index (χ4n) is 2.80. The summed E-state index contributed by atoms with van der Waals surface area (Å²) in [5.74, 6) is -1.27. The minimum Gasteiger partial charge on any atom is -0.467 e. The van der Waals surface area contributed by atoms with Crippen LogP contribution in [0.25, 0.3) is 0 Å². The lowest BCUT2D eigenvalue weighted by Crippen LogP contribution is -2.26. The van der Waals surface area contributed by atoms with E-state index in [1.165, 1.54) is 13.0 Å². The number of nitrogens with zero attached hydrogens (tertiary/aromatic N) is 2. The average molecular weight is 405 g/mol. The van der Waals surface area contributed by atoms with E-state index in [2.05, 4.69) is 10.3 Å². The lowest BCUT2D eigenvalue weighted by atomic mass is 10.1. The van der Waals surface area contributed by atoms with Gasteiger partial charge in [0.25, 0.3) is 5.91 Å². The first-order valence-corrected chi connectivity index (χ1v) is 9.10. The minimum absolute atomic E-state index is 0.118. The van der Waals surface area contributed by atoms with Gasteiger partial charge in [-0.3, -0.25) is 9.59 Å². The molecule has 2 aromatic carbocycles. The summed E-state index contributed by atoms with van der Waals surface area (Å²) in [5.41, 5.74) is 1.82. The molecule has 0 unspecified atom stereocenters. The van der Waals surface area contributed by atoms with Crippen LogP contribution < -0.4 is 10.1 Å². The molecule has 1 heterocycles. The molecule has 30 heavy (non-hydrogen) atoms. The number of ketones is 1. The number of benzene rings is 2. The van der Waals surface area contributed by atoms with Gasteiger partial charge in [0.1, 0.15) is 5.69 Å². The summed E-state index contributed by atoms with van der Waals surface area (Å²) in [4.78, 5) is 39.3. The molecule has 0 bridgehead atoms. The summed E-state index contributed by atoms with van der Waals surface area (Å²) < 4.78 is 5.78. The number of aromatic nitrogens is 1. The molecule has 1 N–H and O–H groups in total. The summed E-state index contributed by atoms with van der Waals surface area (Å²) in [6, 6.07) is 18.1. The van der Waals surface area contributed by atoms with E-state index in [9.17, 15) is 19.7 Å². The zero-order valence-corrected chi connectivity index (χ0v) is 16.4. The van der Waals surface area contributed by atoms with E-state index in [0.717, 1.165) is 0 Å². The van der Waals surface area contributed by atoms with Crippen molar-refractivity contribution in [3.63, 3.8) is 0 Å². The highest BCUT2D eigenvalue weighted by atomic mass is 16.6. The number of hydrogen-bond donors (Lipinski definition) is 1. The van der Waals surface area contributed by atoms with Crippen LogP contribution in [0.1, 0.15) is 34.6 Å². The minimum atomic E-state index is -1.17. The van der Waals surface area contributed by atoms with Crippen LogP contribution in [-0.4, -0.2) is 21.6 Å². The summed E-state index contributed by atoms with van der Waals surface area (Å²) in [5, 5.41) is 14.1. The molecule has 0 aliphatic rings. The topological polar surface area (TPSA) is 111 Å². The van der Waals surface area contributed by atoms with Gasteiger partial charge in [-0.15, -0.1) is 0 Å². The SMILES string of the molecule is CC(=O)c1cccc(NC(=O)[C@@H](Oc2ccc(C)nc2[N+](=O)[O-])c2ccccc2)c1. The van der Waals surface area contributed by atoms with E-state index in [0.29, 0.717) is 22.5 Å². The molecule has 0 saturated heterocycles. The van der Waals surface area contributed by atoms with Crippen LogP contribution in [0.15, 0.2) is 66.7 Å². The monoisotopic (exact) mass is 405 g/mol. The molecule has 8 nitrogen and oxygen atoms in total. The van der Waals surface area contributed by atoms with Crippen molar-refractivity contribution >= 4 is 23.2 Å². The summed E-state index contributed by atoms with van der Waals surface area (Å²) >= 11 is 0. The van der Waals surface area contributed by atoms with Crippen molar-refractivity contribution in [2.24, 2.45) is 0 Å². The Morgan fingerprint density at radius 2 is 1.80 bits per heavy atom. The fourth-order valence-corrected chi connectivity index (χ4v) is 2.80. The second-order valence-corrected chi connectivity index (χ2v) is 6.57. The number of aryl methyl sites for hydroxylation is 1. The molecule has 0 aliphatic carbocycles. The fraction of sp³-hybridized carbons (Fsp3) is 0.136. The van der Waals surface area contributed by atoms with Crippen molar-refractivity contribution in [2.45, 2.75) is 20.0 Å². The molecule has 0 saturated carbocycles. The molecule has 1 amide bonds. The highest BCUT2D eigenvalue weighted by Gasteiger charge is 2.27. The molecule has 8 heteroatoms. The standard InChI is InChI=1S/C22H19N3O5/c1-14-11-12-19(21(23-14)25(28)29)30-20(16-7-4-3-5-8-16)22(27)24-18-10-6-9-17(13-18)15(2)26/h3-13,20H,1-2H3,(H,24,27)/t20-/m0/s1. The van der Waals surface area contributed by atoms with E-state index in [4.69, 9.17) is 4.74 Å². The van der Waals surface area contributed by atoms with Gasteiger partial charge in [0.15, 0.2) is 5.78 Å². The van der Waals surface area contributed by atoms with Crippen molar-refractivity contribution in [3.8, 4) is 5.75 Å².